The Hall–Kier alpha value is -0.340. The van der Waals surface area contributed by atoms with Gasteiger partial charge in [-0.2, -0.15) is 0 Å². The first-order valence-electron chi connectivity index (χ1n) is 5.05. The van der Waals surface area contributed by atoms with E-state index < -0.39 is 0 Å². The quantitative estimate of drug-likeness (QED) is 0.462. The Bertz CT molecular complexity index is 132. The van der Waals surface area contributed by atoms with Gasteiger partial charge in [-0.15, -0.1) is 0 Å². The molecule has 78 valence electrons. The van der Waals surface area contributed by atoms with Crippen molar-refractivity contribution >= 4 is 0 Å². The van der Waals surface area contributed by atoms with Gasteiger partial charge in [0, 0.05) is 19.7 Å². The van der Waals surface area contributed by atoms with Crippen molar-refractivity contribution in [1.29, 1.82) is 0 Å². The predicted molar refractivity (Wildman–Crippen MR) is 58.0 cm³/mol. The van der Waals surface area contributed by atoms with Gasteiger partial charge in [0.1, 0.15) is 0 Å². The van der Waals surface area contributed by atoms with E-state index in [9.17, 15) is 0 Å². The summed E-state index contributed by atoms with van der Waals surface area (Å²) in [6, 6.07) is 0. The van der Waals surface area contributed by atoms with Crippen LogP contribution in [0.4, 0.5) is 0 Å². The fraction of sp³-hybridized carbons (Fsp3) is 0.818. The summed E-state index contributed by atoms with van der Waals surface area (Å²) in [5.74, 6) is 0.739. The van der Waals surface area contributed by atoms with Crippen molar-refractivity contribution in [2.24, 2.45) is 5.92 Å². The number of hydrogen-bond acceptors (Lipinski definition) is 2. The normalized spacial score (nSPS) is 10.8. The van der Waals surface area contributed by atoms with E-state index in [-0.39, 0.29) is 0 Å². The van der Waals surface area contributed by atoms with Gasteiger partial charge in [-0.25, -0.2) is 0 Å². The maximum atomic E-state index is 5.43. The summed E-state index contributed by atoms with van der Waals surface area (Å²) in [5.41, 5.74) is 1.17. The van der Waals surface area contributed by atoms with Crippen molar-refractivity contribution in [2.45, 2.75) is 27.2 Å². The van der Waals surface area contributed by atoms with Crippen LogP contribution < -0.4 is 5.32 Å². The highest BCUT2D eigenvalue weighted by molar-refractivity contribution is 4.90. The molecule has 0 aliphatic rings. The Morgan fingerprint density at radius 2 is 2.08 bits per heavy atom. The van der Waals surface area contributed by atoms with Gasteiger partial charge in [-0.3, -0.25) is 0 Å². The van der Waals surface area contributed by atoms with Gasteiger partial charge >= 0.3 is 0 Å². The van der Waals surface area contributed by atoms with E-state index in [1.165, 1.54) is 5.57 Å². The van der Waals surface area contributed by atoms with Gasteiger partial charge in [0.15, 0.2) is 0 Å². The lowest BCUT2D eigenvalue weighted by molar-refractivity contribution is 0.126. The van der Waals surface area contributed by atoms with Gasteiger partial charge in [0.25, 0.3) is 0 Å². The second-order valence-corrected chi connectivity index (χ2v) is 3.93. The molecule has 0 aromatic rings. The van der Waals surface area contributed by atoms with E-state index in [1.54, 1.807) is 0 Å². The number of hydrogen-bond donors (Lipinski definition) is 1. The van der Waals surface area contributed by atoms with Gasteiger partial charge in [0.2, 0.25) is 0 Å². The molecular weight excluding hydrogens is 162 g/mol. The van der Waals surface area contributed by atoms with E-state index >= 15 is 0 Å². The topological polar surface area (TPSA) is 21.3 Å². The molecule has 0 saturated carbocycles. The van der Waals surface area contributed by atoms with Crippen LogP contribution in [0, 0.1) is 5.92 Å². The highest BCUT2D eigenvalue weighted by Gasteiger charge is 1.93. The van der Waals surface area contributed by atoms with Crippen LogP contribution in [-0.2, 0) is 4.74 Å². The highest BCUT2D eigenvalue weighted by Crippen LogP contribution is 1.98. The molecule has 13 heavy (non-hydrogen) atoms. The van der Waals surface area contributed by atoms with Gasteiger partial charge < -0.3 is 10.1 Å². The van der Waals surface area contributed by atoms with E-state index in [2.05, 4.69) is 25.7 Å². The summed E-state index contributed by atoms with van der Waals surface area (Å²) in [7, 11) is 0. The molecule has 2 heteroatoms. The van der Waals surface area contributed by atoms with Crippen molar-refractivity contribution in [3.05, 3.63) is 12.2 Å². The second kappa shape index (κ2) is 8.27. The molecule has 0 aromatic carbocycles. The summed E-state index contributed by atoms with van der Waals surface area (Å²) < 4.78 is 5.43. The van der Waals surface area contributed by atoms with E-state index in [0.717, 1.165) is 38.6 Å². The lowest BCUT2D eigenvalue weighted by atomic mass is 10.1. The van der Waals surface area contributed by atoms with E-state index in [0.29, 0.717) is 0 Å². The van der Waals surface area contributed by atoms with Crippen LogP contribution in [0.2, 0.25) is 0 Å². The average Bonchev–Trinajstić information content (AvgIpc) is 2.01. The van der Waals surface area contributed by atoms with Crippen LogP contribution >= 0.6 is 0 Å². The van der Waals surface area contributed by atoms with Crippen LogP contribution in [-0.4, -0.2) is 26.3 Å². The highest BCUT2D eigenvalue weighted by atomic mass is 16.5. The summed E-state index contributed by atoms with van der Waals surface area (Å²) in [4.78, 5) is 0. The molecule has 0 saturated heterocycles. The molecule has 1 N–H and O–H groups in total. The maximum absolute atomic E-state index is 5.43. The SMILES string of the molecule is C=C(C)CNCCOCCC(C)C. The third kappa shape index (κ3) is 11.7. The van der Waals surface area contributed by atoms with Gasteiger partial charge in [0.05, 0.1) is 6.61 Å². The molecule has 0 aliphatic heterocycles. The minimum atomic E-state index is 0.739. The fourth-order valence-corrected chi connectivity index (χ4v) is 0.867. The summed E-state index contributed by atoms with van der Waals surface area (Å²) in [5, 5.41) is 3.25. The van der Waals surface area contributed by atoms with Gasteiger partial charge in [-0.05, 0) is 19.3 Å². The number of ether oxygens (including phenoxy) is 1. The molecule has 0 fully saturated rings. The molecule has 0 aliphatic carbocycles. The second-order valence-electron chi connectivity index (χ2n) is 3.93. The molecular formula is C11H23NO. The molecule has 0 amide bonds. The van der Waals surface area contributed by atoms with Crippen molar-refractivity contribution in [2.75, 3.05) is 26.3 Å². The largest absolute Gasteiger partial charge is 0.380 e. The van der Waals surface area contributed by atoms with Crippen LogP contribution in [0.3, 0.4) is 0 Å². The molecule has 0 spiro atoms. The van der Waals surface area contributed by atoms with Crippen molar-refractivity contribution in [1.82, 2.24) is 5.32 Å². The first-order chi connectivity index (χ1) is 6.13. The lowest BCUT2D eigenvalue weighted by Crippen LogP contribution is -2.21. The standard InChI is InChI=1S/C11H23NO/c1-10(2)5-7-13-8-6-12-9-11(3)4/h10,12H,3,5-9H2,1-2,4H3. The Balaban J connectivity index is 2.96. The minimum absolute atomic E-state index is 0.739. The first kappa shape index (κ1) is 12.7. The third-order valence-electron chi connectivity index (χ3n) is 1.69. The molecule has 0 unspecified atom stereocenters. The van der Waals surface area contributed by atoms with Crippen molar-refractivity contribution in [3.8, 4) is 0 Å². The molecule has 0 aromatic heterocycles. The average molecular weight is 185 g/mol. The van der Waals surface area contributed by atoms with Crippen LogP contribution in [0.5, 0.6) is 0 Å². The Kier molecular flexibility index (Phi) is 8.05. The fourth-order valence-electron chi connectivity index (χ4n) is 0.867. The summed E-state index contributed by atoms with van der Waals surface area (Å²) in [6.45, 7) is 13.8. The molecule has 0 rings (SSSR count). The molecule has 0 heterocycles. The summed E-state index contributed by atoms with van der Waals surface area (Å²) >= 11 is 0. The molecule has 0 radical (unpaired) electrons. The van der Waals surface area contributed by atoms with E-state index in [4.69, 9.17) is 4.74 Å². The summed E-state index contributed by atoms with van der Waals surface area (Å²) in [6.07, 6.45) is 1.15. The molecule has 2 nitrogen and oxygen atoms in total. The molecule has 0 atom stereocenters. The monoisotopic (exact) mass is 185 g/mol. The van der Waals surface area contributed by atoms with Gasteiger partial charge in [-0.1, -0.05) is 26.0 Å². The van der Waals surface area contributed by atoms with Crippen molar-refractivity contribution in [3.63, 3.8) is 0 Å². The van der Waals surface area contributed by atoms with Crippen LogP contribution in [0.1, 0.15) is 27.2 Å². The predicted octanol–water partition coefficient (Wildman–Crippen LogP) is 2.21. The Morgan fingerprint density at radius 1 is 1.38 bits per heavy atom. The zero-order valence-corrected chi connectivity index (χ0v) is 9.23. The zero-order chi connectivity index (χ0) is 10.1. The van der Waals surface area contributed by atoms with Crippen molar-refractivity contribution < 1.29 is 4.74 Å². The maximum Gasteiger partial charge on any atom is 0.0591 e. The van der Waals surface area contributed by atoms with Crippen LogP contribution in [0.25, 0.3) is 0 Å². The van der Waals surface area contributed by atoms with Crippen LogP contribution in [0.15, 0.2) is 12.2 Å². The van der Waals surface area contributed by atoms with E-state index in [1.807, 2.05) is 6.92 Å². The minimum Gasteiger partial charge on any atom is -0.380 e. The Morgan fingerprint density at radius 3 is 2.62 bits per heavy atom. The first-order valence-corrected chi connectivity index (χ1v) is 5.05. The lowest BCUT2D eigenvalue weighted by Gasteiger charge is -2.07. The zero-order valence-electron chi connectivity index (χ0n) is 9.23. The smallest absolute Gasteiger partial charge is 0.0591 e. The number of rotatable bonds is 8. The Labute approximate surface area is 82.4 Å². The third-order valence-corrected chi connectivity index (χ3v) is 1.69. The number of nitrogens with one attached hydrogen (secondary N) is 1. The molecule has 0 bridgehead atoms.